The van der Waals surface area contributed by atoms with Gasteiger partial charge < -0.3 is 9.64 Å². The third kappa shape index (κ3) is 4.88. The number of pyridine rings is 1. The largest absolute Gasteiger partial charge is 0.457 e. The molecule has 168 valence electrons. The fourth-order valence-corrected chi connectivity index (χ4v) is 4.16. The van der Waals surface area contributed by atoms with Gasteiger partial charge in [0.1, 0.15) is 11.5 Å². The van der Waals surface area contributed by atoms with Gasteiger partial charge in [0, 0.05) is 50.7 Å². The second-order valence-electron chi connectivity index (χ2n) is 8.26. The van der Waals surface area contributed by atoms with Gasteiger partial charge in [-0.05, 0) is 60.2 Å². The van der Waals surface area contributed by atoms with Crippen molar-refractivity contribution >= 4 is 16.8 Å². The van der Waals surface area contributed by atoms with Crippen LogP contribution in [0.25, 0.3) is 22.2 Å². The lowest BCUT2D eigenvalue weighted by molar-refractivity contribution is -0.132. The second-order valence-corrected chi connectivity index (χ2v) is 8.26. The first kappa shape index (κ1) is 21.2. The Bertz CT molecular complexity index is 1230. The maximum absolute atomic E-state index is 11.9. The molecule has 0 radical (unpaired) electrons. The van der Waals surface area contributed by atoms with Gasteiger partial charge in [0.2, 0.25) is 5.91 Å². The molecule has 0 bridgehead atoms. The van der Waals surface area contributed by atoms with E-state index in [2.05, 4.69) is 27.2 Å². The standard InChI is InChI=1S/C26H27N5O2/c1-2-26(32)31-15-13-30(14-16-31)18-21-6-3-20-17-23(9-10-24(20)28-21)33-22-7-4-19(5-8-22)25-11-12-27-29-25/h3-12,17H,2,13-16,18H2,1H3,(H,27,29). The smallest absolute Gasteiger partial charge is 0.222 e. The third-order valence-corrected chi connectivity index (χ3v) is 6.03. The molecule has 1 fully saturated rings. The molecule has 33 heavy (non-hydrogen) atoms. The zero-order chi connectivity index (χ0) is 22.6. The number of carbonyl (C=O) groups is 1. The average Bonchev–Trinajstić information content (AvgIpc) is 3.40. The highest BCUT2D eigenvalue weighted by Crippen LogP contribution is 2.27. The molecule has 1 N–H and O–H groups in total. The lowest BCUT2D eigenvalue weighted by Crippen LogP contribution is -2.48. The number of benzene rings is 2. The number of rotatable bonds is 6. The van der Waals surface area contributed by atoms with Crippen LogP contribution in [0.5, 0.6) is 11.5 Å². The van der Waals surface area contributed by atoms with E-state index in [0.717, 1.165) is 72.1 Å². The van der Waals surface area contributed by atoms with E-state index in [9.17, 15) is 4.79 Å². The van der Waals surface area contributed by atoms with E-state index in [-0.39, 0.29) is 5.91 Å². The Morgan fingerprint density at radius 2 is 1.76 bits per heavy atom. The quantitative estimate of drug-likeness (QED) is 0.478. The van der Waals surface area contributed by atoms with Crippen LogP contribution in [-0.4, -0.2) is 57.1 Å². The van der Waals surface area contributed by atoms with Gasteiger partial charge in [-0.15, -0.1) is 0 Å². The van der Waals surface area contributed by atoms with Gasteiger partial charge in [-0.25, -0.2) is 0 Å². The van der Waals surface area contributed by atoms with E-state index in [4.69, 9.17) is 9.72 Å². The van der Waals surface area contributed by atoms with Crippen LogP contribution >= 0.6 is 0 Å². The van der Waals surface area contributed by atoms with E-state index in [1.807, 2.05) is 60.4 Å². The number of H-pyrrole nitrogens is 1. The minimum Gasteiger partial charge on any atom is -0.457 e. The average molecular weight is 442 g/mol. The molecule has 1 amide bonds. The van der Waals surface area contributed by atoms with Gasteiger partial charge in [-0.1, -0.05) is 13.0 Å². The minimum absolute atomic E-state index is 0.241. The van der Waals surface area contributed by atoms with Crippen LogP contribution < -0.4 is 4.74 Å². The normalized spacial score (nSPS) is 14.5. The van der Waals surface area contributed by atoms with Crippen LogP contribution in [0.2, 0.25) is 0 Å². The van der Waals surface area contributed by atoms with Crippen LogP contribution in [0.3, 0.4) is 0 Å². The van der Waals surface area contributed by atoms with Crippen LogP contribution in [-0.2, 0) is 11.3 Å². The van der Waals surface area contributed by atoms with Crippen LogP contribution in [0.4, 0.5) is 0 Å². The van der Waals surface area contributed by atoms with Crippen molar-refractivity contribution in [2.75, 3.05) is 26.2 Å². The number of nitrogens with one attached hydrogen (secondary N) is 1. The van der Waals surface area contributed by atoms with Crippen LogP contribution in [0.15, 0.2) is 66.9 Å². The van der Waals surface area contributed by atoms with E-state index in [1.165, 1.54) is 0 Å². The number of piperazine rings is 1. The summed E-state index contributed by atoms with van der Waals surface area (Å²) in [6.07, 6.45) is 2.32. The third-order valence-electron chi connectivity index (χ3n) is 6.03. The zero-order valence-electron chi connectivity index (χ0n) is 18.7. The molecule has 0 aliphatic carbocycles. The van der Waals surface area contributed by atoms with Gasteiger partial charge in [-0.3, -0.25) is 19.8 Å². The first-order valence-electron chi connectivity index (χ1n) is 11.4. The molecule has 7 nitrogen and oxygen atoms in total. The number of carbonyl (C=O) groups excluding carboxylic acids is 1. The maximum atomic E-state index is 11.9. The number of aromatic nitrogens is 3. The summed E-state index contributed by atoms with van der Waals surface area (Å²) in [5, 5.41) is 8.00. The molecular weight excluding hydrogens is 414 g/mol. The monoisotopic (exact) mass is 441 g/mol. The number of hydrogen-bond acceptors (Lipinski definition) is 5. The van der Waals surface area contributed by atoms with Gasteiger partial charge in [0.15, 0.2) is 0 Å². The summed E-state index contributed by atoms with van der Waals surface area (Å²) >= 11 is 0. The highest BCUT2D eigenvalue weighted by molar-refractivity contribution is 5.80. The van der Waals surface area contributed by atoms with Crippen molar-refractivity contribution in [3.63, 3.8) is 0 Å². The molecular formula is C26H27N5O2. The van der Waals surface area contributed by atoms with E-state index >= 15 is 0 Å². The Kier molecular flexibility index (Phi) is 6.04. The first-order chi connectivity index (χ1) is 16.2. The summed E-state index contributed by atoms with van der Waals surface area (Å²) in [6, 6.07) is 20.0. The molecule has 1 aliphatic heterocycles. The van der Waals surface area contributed by atoms with Crippen molar-refractivity contribution in [1.82, 2.24) is 25.0 Å². The zero-order valence-corrected chi connectivity index (χ0v) is 18.7. The molecule has 1 aliphatic rings. The molecule has 5 rings (SSSR count). The van der Waals surface area contributed by atoms with Crippen LogP contribution in [0.1, 0.15) is 19.0 Å². The van der Waals surface area contributed by atoms with Crippen molar-refractivity contribution in [3.05, 3.63) is 72.6 Å². The van der Waals surface area contributed by atoms with Gasteiger partial charge in [0.05, 0.1) is 16.9 Å². The summed E-state index contributed by atoms with van der Waals surface area (Å²) < 4.78 is 6.06. The number of amides is 1. The van der Waals surface area contributed by atoms with Gasteiger partial charge in [0.25, 0.3) is 0 Å². The predicted octanol–water partition coefficient (Wildman–Crippen LogP) is 4.47. The SMILES string of the molecule is CCC(=O)N1CCN(Cc2ccc3cc(Oc4ccc(-c5ccn[nH]5)cc4)ccc3n2)CC1. The van der Waals surface area contributed by atoms with Gasteiger partial charge >= 0.3 is 0 Å². The minimum atomic E-state index is 0.241. The molecule has 1 saturated heterocycles. The summed E-state index contributed by atoms with van der Waals surface area (Å²) in [4.78, 5) is 21.0. The summed E-state index contributed by atoms with van der Waals surface area (Å²) in [7, 11) is 0. The molecule has 3 heterocycles. The highest BCUT2D eigenvalue weighted by atomic mass is 16.5. The topological polar surface area (TPSA) is 74.3 Å². The van der Waals surface area contributed by atoms with Crippen LogP contribution in [0, 0.1) is 0 Å². The first-order valence-corrected chi connectivity index (χ1v) is 11.4. The molecule has 2 aromatic carbocycles. The van der Waals surface area contributed by atoms with E-state index in [0.29, 0.717) is 6.42 Å². The Balaban J connectivity index is 1.22. The Morgan fingerprint density at radius 3 is 2.48 bits per heavy atom. The number of ether oxygens (including phenoxy) is 1. The molecule has 0 atom stereocenters. The number of aromatic amines is 1. The molecule has 4 aromatic rings. The van der Waals surface area contributed by atoms with Crippen molar-refractivity contribution in [2.24, 2.45) is 0 Å². The fourth-order valence-electron chi connectivity index (χ4n) is 4.16. The van der Waals surface area contributed by atoms with Crippen molar-refractivity contribution in [1.29, 1.82) is 0 Å². The Hall–Kier alpha value is -3.71. The van der Waals surface area contributed by atoms with Crippen molar-refractivity contribution < 1.29 is 9.53 Å². The summed E-state index contributed by atoms with van der Waals surface area (Å²) in [5.74, 6) is 1.80. The fraction of sp³-hybridized carbons (Fsp3) is 0.269. The van der Waals surface area contributed by atoms with Gasteiger partial charge in [-0.2, -0.15) is 5.10 Å². The molecule has 0 saturated carbocycles. The Labute approximate surface area is 193 Å². The number of fused-ring (bicyclic) bond motifs is 1. The van der Waals surface area contributed by atoms with Crippen molar-refractivity contribution in [3.8, 4) is 22.8 Å². The molecule has 2 aromatic heterocycles. The Morgan fingerprint density at radius 1 is 0.970 bits per heavy atom. The molecule has 0 unspecified atom stereocenters. The molecule has 0 spiro atoms. The van der Waals surface area contributed by atoms with E-state index in [1.54, 1.807) is 6.20 Å². The highest BCUT2D eigenvalue weighted by Gasteiger charge is 2.20. The lowest BCUT2D eigenvalue weighted by Gasteiger charge is -2.34. The van der Waals surface area contributed by atoms with E-state index < -0.39 is 0 Å². The summed E-state index contributed by atoms with van der Waals surface area (Å²) in [5.41, 5.74) is 4.04. The second kappa shape index (κ2) is 9.42. The number of hydrogen-bond donors (Lipinski definition) is 1. The number of nitrogens with zero attached hydrogens (tertiary/aromatic N) is 4. The molecule has 7 heteroatoms. The maximum Gasteiger partial charge on any atom is 0.222 e. The lowest BCUT2D eigenvalue weighted by atomic mass is 10.1. The predicted molar refractivity (Wildman–Crippen MR) is 128 cm³/mol. The van der Waals surface area contributed by atoms with Crippen molar-refractivity contribution in [2.45, 2.75) is 19.9 Å². The summed E-state index contributed by atoms with van der Waals surface area (Å²) in [6.45, 7) is 6.08.